The number of nitrogens with zero attached hydrogens (tertiary/aromatic N) is 2. The standard InChI is InChI=1S/C13H12BrN3O2/c14-9-3-1-2-8(6-9)12-16-11(13(18)19)10-7-15-4-5-17(10)12/h1-3,6,15H,4-5,7H2,(H,18,19). The van der Waals surface area contributed by atoms with E-state index in [1.165, 1.54) is 0 Å². The third-order valence-corrected chi connectivity index (χ3v) is 3.66. The molecule has 1 aliphatic heterocycles. The van der Waals surface area contributed by atoms with Gasteiger partial charge in [0.05, 0.1) is 5.69 Å². The molecular formula is C13H12BrN3O2. The van der Waals surface area contributed by atoms with E-state index < -0.39 is 5.97 Å². The maximum absolute atomic E-state index is 11.3. The Morgan fingerprint density at radius 2 is 2.32 bits per heavy atom. The number of rotatable bonds is 2. The largest absolute Gasteiger partial charge is 0.476 e. The summed E-state index contributed by atoms with van der Waals surface area (Å²) in [7, 11) is 0. The minimum Gasteiger partial charge on any atom is -0.476 e. The van der Waals surface area contributed by atoms with E-state index in [9.17, 15) is 9.90 Å². The fraction of sp³-hybridized carbons (Fsp3) is 0.231. The molecule has 0 fully saturated rings. The maximum atomic E-state index is 11.3. The molecule has 1 aliphatic rings. The second kappa shape index (κ2) is 4.79. The highest BCUT2D eigenvalue weighted by Gasteiger charge is 2.24. The van der Waals surface area contributed by atoms with Crippen molar-refractivity contribution in [1.29, 1.82) is 0 Å². The van der Waals surface area contributed by atoms with Gasteiger partial charge in [0.15, 0.2) is 5.69 Å². The van der Waals surface area contributed by atoms with Crippen molar-refractivity contribution in [3.05, 3.63) is 40.1 Å². The number of fused-ring (bicyclic) bond motifs is 1. The van der Waals surface area contributed by atoms with Gasteiger partial charge in [-0.2, -0.15) is 0 Å². The summed E-state index contributed by atoms with van der Waals surface area (Å²) in [6.07, 6.45) is 0. The number of imidazole rings is 1. The van der Waals surface area contributed by atoms with Gasteiger partial charge in [0.25, 0.3) is 0 Å². The van der Waals surface area contributed by atoms with Crippen LogP contribution >= 0.6 is 15.9 Å². The van der Waals surface area contributed by atoms with Crippen LogP contribution in [0.4, 0.5) is 0 Å². The lowest BCUT2D eigenvalue weighted by Crippen LogP contribution is -2.29. The first kappa shape index (κ1) is 12.4. The van der Waals surface area contributed by atoms with Crippen LogP contribution in [-0.4, -0.2) is 27.2 Å². The predicted molar refractivity (Wildman–Crippen MR) is 74.0 cm³/mol. The second-order valence-electron chi connectivity index (χ2n) is 4.37. The van der Waals surface area contributed by atoms with Gasteiger partial charge in [-0.3, -0.25) is 0 Å². The normalized spacial score (nSPS) is 14.2. The molecule has 98 valence electrons. The zero-order valence-electron chi connectivity index (χ0n) is 10.1. The van der Waals surface area contributed by atoms with E-state index >= 15 is 0 Å². The molecule has 2 aromatic rings. The Kier molecular flexibility index (Phi) is 3.12. The van der Waals surface area contributed by atoms with Crippen LogP contribution in [0.25, 0.3) is 11.4 Å². The van der Waals surface area contributed by atoms with Crippen LogP contribution in [0.5, 0.6) is 0 Å². The van der Waals surface area contributed by atoms with Crippen molar-refractivity contribution in [2.45, 2.75) is 13.1 Å². The molecule has 0 saturated carbocycles. The lowest BCUT2D eigenvalue weighted by atomic mass is 10.2. The van der Waals surface area contributed by atoms with Crippen molar-refractivity contribution in [2.75, 3.05) is 6.54 Å². The number of halogens is 1. The van der Waals surface area contributed by atoms with Crippen LogP contribution in [0.3, 0.4) is 0 Å². The average Bonchev–Trinajstić information content (AvgIpc) is 2.78. The van der Waals surface area contributed by atoms with Gasteiger partial charge >= 0.3 is 5.97 Å². The zero-order chi connectivity index (χ0) is 13.4. The summed E-state index contributed by atoms with van der Waals surface area (Å²) in [6.45, 7) is 2.10. The monoisotopic (exact) mass is 321 g/mol. The first-order chi connectivity index (χ1) is 9.16. The van der Waals surface area contributed by atoms with E-state index in [1.54, 1.807) is 0 Å². The fourth-order valence-corrected chi connectivity index (χ4v) is 2.72. The third-order valence-electron chi connectivity index (χ3n) is 3.16. The fourth-order valence-electron chi connectivity index (χ4n) is 2.32. The zero-order valence-corrected chi connectivity index (χ0v) is 11.6. The lowest BCUT2D eigenvalue weighted by Gasteiger charge is -2.18. The summed E-state index contributed by atoms with van der Waals surface area (Å²) in [6, 6.07) is 7.74. The van der Waals surface area contributed by atoms with Crippen LogP contribution in [0, 0.1) is 0 Å². The van der Waals surface area contributed by atoms with Gasteiger partial charge in [-0.15, -0.1) is 0 Å². The second-order valence-corrected chi connectivity index (χ2v) is 5.29. The van der Waals surface area contributed by atoms with Gasteiger partial charge in [0.2, 0.25) is 0 Å². The Balaban J connectivity index is 2.19. The molecule has 1 aromatic carbocycles. The van der Waals surface area contributed by atoms with Crippen LogP contribution in [0.15, 0.2) is 28.7 Å². The van der Waals surface area contributed by atoms with E-state index in [2.05, 4.69) is 26.2 Å². The maximum Gasteiger partial charge on any atom is 0.356 e. The van der Waals surface area contributed by atoms with Crippen molar-refractivity contribution >= 4 is 21.9 Å². The van der Waals surface area contributed by atoms with Gasteiger partial charge in [0, 0.05) is 29.7 Å². The molecule has 0 unspecified atom stereocenters. The van der Waals surface area contributed by atoms with Crippen molar-refractivity contribution in [1.82, 2.24) is 14.9 Å². The van der Waals surface area contributed by atoms with Crippen LogP contribution in [-0.2, 0) is 13.1 Å². The first-order valence-electron chi connectivity index (χ1n) is 5.96. The van der Waals surface area contributed by atoms with Crippen LogP contribution in [0.2, 0.25) is 0 Å². The molecule has 6 heteroatoms. The highest BCUT2D eigenvalue weighted by Crippen LogP contribution is 2.26. The van der Waals surface area contributed by atoms with Crippen molar-refractivity contribution in [2.24, 2.45) is 0 Å². The Bertz CT molecular complexity index is 651. The number of benzene rings is 1. The molecule has 0 aliphatic carbocycles. The van der Waals surface area contributed by atoms with Crippen LogP contribution in [0.1, 0.15) is 16.2 Å². The van der Waals surface area contributed by atoms with E-state index in [-0.39, 0.29) is 5.69 Å². The number of carboxylic acids is 1. The molecule has 19 heavy (non-hydrogen) atoms. The number of aromatic nitrogens is 2. The molecule has 3 rings (SSSR count). The summed E-state index contributed by atoms with van der Waals surface area (Å²) in [5, 5.41) is 12.4. The van der Waals surface area contributed by atoms with Crippen molar-refractivity contribution in [3.8, 4) is 11.4 Å². The SMILES string of the molecule is O=C(O)c1nc(-c2cccc(Br)c2)n2c1CNCC2. The molecule has 0 spiro atoms. The molecule has 2 heterocycles. The number of hydrogen-bond donors (Lipinski definition) is 2. The van der Waals surface area contributed by atoms with Crippen molar-refractivity contribution in [3.63, 3.8) is 0 Å². The van der Waals surface area contributed by atoms with Gasteiger partial charge in [-0.1, -0.05) is 28.1 Å². The number of hydrogen-bond acceptors (Lipinski definition) is 3. The van der Waals surface area contributed by atoms with Gasteiger partial charge in [0.1, 0.15) is 5.82 Å². The number of carboxylic acid groups (broad SMARTS) is 1. The molecule has 0 bridgehead atoms. The Morgan fingerprint density at radius 3 is 3.05 bits per heavy atom. The summed E-state index contributed by atoms with van der Waals surface area (Å²) in [4.78, 5) is 15.6. The highest BCUT2D eigenvalue weighted by atomic mass is 79.9. The molecule has 1 aromatic heterocycles. The predicted octanol–water partition coefficient (Wildman–Crippen LogP) is 2.11. The highest BCUT2D eigenvalue weighted by molar-refractivity contribution is 9.10. The summed E-state index contributed by atoms with van der Waals surface area (Å²) in [5.74, 6) is -0.260. The lowest BCUT2D eigenvalue weighted by molar-refractivity contribution is 0.0689. The molecule has 2 N–H and O–H groups in total. The van der Waals surface area contributed by atoms with E-state index in [0.29, 0.717) is 6.54 Å². The van der Waals surface area contributed by atoms with E-state index in [4.69, 9.17) is 0 Å². The molecule has 0 amide bonds. The summed E-state index contributed by atoms with van der Waals surface area (Å²) < 4.78 is 2.94. The smallest absolute Gasteiger partial charge is 0.356 e. The molecule has 0 radical (unpaired) electrons. The topological polar surface area (TPSA) is 67.1 Å². The average molecular weight is 322 g/mol. The van der Waals surface area contributed by atoms with E-state index in [1.807, 2.05) is 28.8 Å². The Hall–Kier alpha value is -1.66. The minimum atomic E-state index is -0.978. The summed E-state index contributed by atoms with van der Waals surface area (Å²) in [5.41, 5.74) is 1.81. The van der Waals surface area contributed by atoms with E-state index in [0.717, 1.165) is 34.6 Å². The molecular weight excluding hydrogens is 310 g/mol. The Morgan fingerprint density at radius 1 is 1.47 bits per heavy atom. The number of aromatic carboxylic acids is 1. The molecule has 5 nitrogen and oxygen atoms in total. The molecule has 0 atom stereocenters. The third kappa shape index (κ3) is 2.17. The number of nitrogens with one attached hydrogen (secondary N) is 1. The quantitative estimate of drug-likeness (QED) is 0.889. The molecule has 0 saturated heterocycles. The Labute approximate surface area is 118 Å². The first-order valence-corrected chi connectivity index (χ1v) is 6.75. The van der Waals surface area contributed by atoms with Gasteiger partial charge in [-0.25, -0.2) is 9.78 Å². The van der Waals surface area contributed by atoms with Gasteiger partial charge < -0.3 is 15.0 Å². The van der Waals surface area contributed by atoms with Crippen molar-refractivity contribution < 1.29 is 9.90 Å². The van der Waals surface area contributed by atoms with Gasteiger partial charge in [-0.05, 0) is 12.1 Å². The number of carbonyl (C=O) groups is 1. The van der Waals surface area contributed by atoms with Crippen LogP contribution < -0.4 is 5.32 Å². The minimum absolute atomic E-state index is 0.141. The summed E-state index contributed by atoms with van der Waals surface area (Å²) >= 11 is 3.43.